The van der Waals surface area contributed by atoms with Crippen LogP contribution < -0.4 is 4.74 Å². The van der Waals surface area contributed by atoms with Gasteiger partial charge in [0, 0.05) is 11.6 Å². The van der Waals surface area contributed by atoms with E-state index in [0.717, 1.165) is 39.9 Å². The summed E-state index contributed by atoms with van der Waals surface area (Å²) in [6.07, 6.45) is 0.723. The number of furan rings is 1. The van der Waals surface area contributed by atoms with Crippen LogP contribution in [0.25, 0.3) is 22.4 Å². The van der Waals surface area contributed by atoms with Crippen molar-refractivity contribution >= 4 is 17.3 Å². The van der Waals surface area contributed by atoms with Gasteiger partial charge in [-0.2, -0.15) is 0 Å². The quantitative estimate of drug-likeness (QED) is 0.531. The smallest absolute Gasteiger partial charge is 0.185 e. The van der Waals surface area contributed by atoms with E-state index in [0.29, 0.717) is 17.3 Å². The van der Waals surface area contributed by atoms with E-state index in [2.05, 4.69) is 9.97 Å². The molecule has 25 heavy (non-hydrogen) atoms. The summed E-state index contributed by atoms with van der Waals surface area (Å²) in [5.74, 6) is 3.18. The third kappa shape index (κ3) is 2.70. The highest BCUT2D eigenvalue weighted by molar-refractivity contribution is 5.84. The SMILES string of the molecule is Cc1oc(C=O)c(C)c1-c1nc2ccc(Oc3ccccc3)cc2[nH]1. The Balaban J connectivity index is 1.74. The van der Waals surface area contributed by atoms with E-state index in [9.17, 15) is 4.79 Å². The molecule has 0 saturated heterocycles. The van der Waals surface area contributed by atoms with Crippen LogP contribution in [0.4, 0.5) is 0 Å². The predicted octanol–water partition coefficient (Wildman–Crippen LogP) is 5.04. The minimum Gasteiger partial charge on any atom is -0.458 e. The van der Waals surface area contributed by atoms with Gasteiger partial charge in [0.1, 0.15) is 23.1 Å². The monoisotopic (exact) mass is 332 g/mol. The van der Waals surface area contributed by atoms with Gasteiger partial charge < -0.3 is 14.1 Å². The maximum atomic E-state index is 11.1. The molecule has 124 valence electrons. The van der Waals surface area contributed by atoms with Crippen LogP contribution >= 0.6 is 0 Å². The second-order valence-corrected chi connectivity index (χ2v) is 5.82. The molecule has 0 atom stereocenters. The average Bonchev–Trinajstić information content (AvgIpc) is 3.15. The van der Waals surface area contributed by atoms with Gasteiger partial charge in [-0.25, -0.2) is 4.98 Å². The number of aldehydes is 1. The molecule has 0 saturated carbocycles. The first-order valence-corrected chi connectivity index (χ1v) is 7.94. The molecule has 2 heterocycles. The molecule has 0 amide bonds. The number of carbonyl (C=O) groups excluding carboxylic acids is 1. The highest BCUT2D eigenvalue weighted by Gasteiger charge is 2.18. The van der Waals surface area contributed by atoms with Crippen LogP contribution in [0.1, 0.15) is 21.9 Å². The maximum Gasteiger partial charge on any atom is 0.185 e. The maximum absolute atomic E-state index is 11.1. The summed E-state index contributed by atoms with van der Waals surface area (Å²) in [6, 6.07) is 15.3. The summed E-state index contributed by atoms with van der Waals surface area (Å²) < 4.78 is 11.4. The molecule has 2 aromatic carbocycles. The molecule has 0 aliphatic heterocycles. The van der Waals surface area contributed by atoms with Crippen LogP contribution in [-0.4, -0.2) is 16.3 Å². The first-order chi connectivity index (χ1) is 12.2. The van der Waals surface area contributed by atoms with E-state index < -0.39 is 0 Å². The van der Waals surface area contributed by atoms with Gasteiger partial charge in [0.05, 0.1) is 16.6 Å². The number of rotatable bonds is 4. The number of H-pyrrole nitrogens is 1. The van der Waals surface area contributed by atoms with Crippen LogP contribution in [0.5, 0.6) is 11.5 Å². The van der Waals surface area contributed by atoms with E-state index >= 15 is 0 Å². The summed E-state index contributed by atoms with van der Waals surface area (Å²) in [5.41, 5.74) is 3.29. The number of para-hydroxylation sites is 1. The number of imidazole rings is 1. The minimum atomic E-state index is 0.334. The Labute approximate surface area is 144 Å². The van der Waals surface area contributed by atoms with Gasteiger partial charge in [0.25, 0.3) is 0 Å². The molecule has 0 spiro atoms. The summed E-state index contributed by atoms with van der Waals surface area (Å²) >= 11 is 0. The molecule has 0 aliphatic rings. The van der Waals surface area contributed by atoms with Crippen molar-refractivity contribution in [3.63, 3.8) is 0 Å². The van der Waals surface area contributed by atoms with E-state index in [1.54, 1.807) is 0 Å². The zero-order valence-electron chi connectivity index (χ0n) is 13.9. The Hall–Kier alpha value is -3.34. The van der Waals surface area contributed by atoms with Crippen LogP contribution in [0, 0.1) is 13.8 Å². The van der Waals surface area contributed by atoms with Crippen molar-refractivity contribution in [3.8, 4) is 22.9 Å². The van der Waals surface area contributed by atoms with Gasteiger partial charge in [-0.05, 0) is 38.1 Å². The van der Waals surface area contributed by atoms with E-state index in [1.165, 1.54) is 0 Å². The highest BCUT2D eigenvalue weighted by atomic mass is 16.5. The molecule has 0 fully saturated rings. The zero-order valence-corrected chi connectivity index (χ0v) is 13.9. The van der Waals surface area contributed by atoms with Crippen LogP contribution in [0.2, 0.25) is 0 Å². The van der Waals surface area contributed by atoms with E-state index in [4.69, 9.17) is 9.15 Å². The van der Waals surface area contributed by atoms with Gasteiger partial charge in [0.15, 0.2) is 12.0 Å². The molecule has 0 unspecified atom stereocenters. The number of aromatic nitrogens is 2. The number of fused-ring (bicyclic) bond motifs is 1. The van der Waals surface area contributed by atoms with Crippen LogP contribution in [0.3, 0.4) is 0 Å². The fourth-order valence-corrected chi connectivity index (χ4v) is 2.93. The van der Waals surface area contributed by atoms with E-state index in [-0.39, 0.29) is 0 Å². The first-order valence-electron chi connectivity index (χ1n) is 7.94. The van der Waals surface area contributed by atoms with E-state index in [1.807, 2.05) is 62.4 Å². The molecule has 1 N–H and O–H groups in total. The van der Waals surface area contributed by atoms with Gasteiger partial charge in [-0.1, -0.05) is 18.2 Å². The summed E-state index contributed by atoms with van der Waals surface area (Å²) in [6.45, 7) is 3.68. The fourth-order valence-electron chi connectivity index (χ4n) is 2.93. The molecule has 2 aromatic heterocycles. The van der Waals surface area contributed by atoms with Crippen molar-refractivity contribution in [2.45, 2.75) is 13.8 Å². The number of carbonyl (C=O) groups is 1. The molecule has 4 aromatic rings. The summed E-state index contributed by atoms with van der Waals surface area (Å²) in [5, 5.41) is 0. The van der Waals surface area contributed by atoms with Gasteiger partial charge >= 0.3 is 0 Å². The second kappa shape index (κ2) is 5.94. The predicted molar refractivity (Wildman–Crippen MR) is 95.2 cm³/mol. The van der Waals surface area contributed by atoms with Crippen molar-refractivity contribution in [3.05, 3.63) is 65.6 Å². The van der Waals surface area contributed by atoms with Crippen LogP contribution in [-0.2, 0) is 0 Å². The number of hydrogen-bond donors (Lipinski definition) is 1. The Morgan fingerprint density at radius 2 is 1.88 bits per heavy atom. The largest absolute Gasteiger partial charge is 0.458 e. The number of hydrogen-bond acceptors (Lipinski definition) is 4. The van der Waals surface area contributed by atoms with Crippen molar-refractivity contribution < 1.29 is 13.9 Å². The lowest BCUT2D eigenvalue weighted by atomic mass is 10.1. The van der Waals surface area contributed by atoms with Crippen molar-refractivity contribution in [2.75, 3.05) is 0 Å². The Kier molecular flexibility index (Phi) is 3.61. The molecule has 5 nitrogen and oxygen atoms in total. The van der Waals surface area contributed by atoms with Crippen molar-refractivity contribution in [2.24, 2.45) is 0 Å². The van der Waals surface area contributed by atoms with Crippen molar-refractivity contribution in [1.82, 2.24) is 9.97 Å². The molecule has 0 radical (unpaired) electrons. The number of aromatic amines is 1. The molecule has 5 heteroatoms. The third-order valence-electron chi connectivity index (χ3n) is 4.14. The number of nitrogens with one attached hydrogen (secondary N) is 1. The first kappa shape index (κ1) is 15.2. The lowest BCUT2D eigenvalue weighted by molar-refractivity contribution is 0.109. The molecule has 0 aliphatic carbocycles. The summed E-state index contributed by atoms with van der Waals surface area (Å²) in [4.78, 5) is 19.0. The number of nitrogens with zero attached hydrogens (tertiary/aromatic N) is 1. The normalized spacial score (nSPS) is 11.0. The zero-order chi connectivity index (χ0) is 17.4. The second-order valence-electron chi connectivity index (χ2n) is 5.82. The number of benzene rings is 2. The number of aryl methyl sites for hydroxylation is 1. The Morgan fingerprint density at radius 3 is 2.60 bits per heavy atom. The Morgan fingerprint density at radius 1 is 1.08 bits per heavy atom. The Bertz CT molecular complexity index is 1060. The molecule has 4 rings (SSSR count). The standard InChI is InChI=1S/C20H16N2O3/c1-12-18(11-23)24-13(2)19(12)20-21-16-9-8-15(10-17(16)22-20)25-14-6-4-3-5-7-14/h3-11H,1-2H3,(H,21,22). The lowest BCUT2D eigenvalue weighted by Gasteiger charge is -2.04. The third-order valence-corrected chi connectivity index (χ3v) is 4.14. The molecule has 0 bridgehead atoms. The fraction of sp³-hybridized carbons (Fsp3) is 0.100. The molecular formula is C20H16N2O3. The van der Waals surface area contributed by atoms with Gasteiger partial charge in [-0.15, -0.1) is 0 Å². The lowest BCUT2D eigenvalue weighted by Crippen LogP contribution is -1.85. The highest BCUT2D eigenvalue weighted by Crippen LogP contribution is 2.32. The van der Waals surface area contributed by atoms with Crippen LogP contribution in [0.15, 0.2) is 52.9 Å². The summed E-state index contributed by atoms with van der Waals surface area (Å²) in [7, 11) is 0. The molecular weight excluding hydrogens is 316 g/mol. The van der Waals surface area contributed by atoms with Gasteiger partial charge in [-0.3, -0.25) is 4.79 Å². The number of ether oxygens (including phenoxy) is 1. The van der Waals surface area contributed by atoms with Crippen molar-refractivity contribution in [1.29, 1.82) is 0 Å². The van der Waals surface area contributed by atoms with Gasteiger partial charge in [0.2, 0.25) is 0 Å². The topological polar surface area (TPSA) is 68.1 Å². The average molecular weight is 332 g/mol. The minimum absolute atomic E-state index is 0.334.